The lowest BCUT2D eigenvalue weighted by Crippen LogP contribution is -2.28. The predicted octanol–water partition coefficient (Wildman–Crippen LogP) is 3.08. The fourth-order valence-corrected chi connectivity index (χ4v) is 2.90. The van der Waals surface area contributed by atoms with E-state index in [1.807, 2.05) is 6.20 Å². The Kier molecular flexibility index (Phi) is 3.60. The molecule has 2 nitrogen and oxygen atoms in total. The molecule has 0 radical (unpaired) electrons. The third-order valence-electron chi connectivity index (χ3n) is 3.96. The van der Waals surface area contributed by atoms with Crippen molar-refractivity contribution in [2.75, 3.05) is 6.54 Å². The summed E-state index contributed by atoms with van der Waals surface area (Å²) < 4.78 is 0. The lowest BCUT2D eigenvalue weighted by atomic mass is 9.91. The van der Waals surface area contributed by atoms with E-state index in [1.165, 1.54) is 23.2 Å². The van der Waals surface area contributed by atoms with Gasteiger partial charge in [0.2, 0.25) is 0 Å². The molecule has 0 spiro atoms. The molecule has 3 rings (SSSR count). The molecule has 2 heterocycles. The maximum atomic E-state index is 4.61. The highest BCUT2D eigenvalue weighted by Gasteiger charge is 2.28. The molecule has 2 atom stereocenters. The van der Waals surface area contributed by atoms with E-state index >= 15 is 0 Å². The molecule has 1 aromatic carbocycles. The molecular formula is C17H20N2. The zero-order valence-electron chi connectivity index (χ0n) is 11.3. The van der Waals surface area contributed by atoms with Crippen LogP contribution in [0.15, 0.2) is 48.7 Å². The molecule has 2 unspecified atom stereocenters. The van der Waals surface area contributed by atoms with Crippen LogP contribution < -0.4 is 5.32 Å². The monoisotopic (exact) mass is 252 g/mol. The fraction of sp³-hybridized carbons (Fsp3) is 0.353. The molecule has 1 fully saturated rings. The highest BCUT2D eigenvalue weighted by Crippen LogP contribution is 2.28. The maximum absolute atomic E-state index is 4.61. The van der Waals surface area contributed by atoms with Gasteiger partial charge in [-0.2, -0.15) is 0 Å². The van der Waals surface area contributed by atoms with Crippen molar-refractivity contribution in [1.29, 1.82) is 0 Å². The predicted molar refractivity (Wildman–Crippen MR) is 78.3 cm³/mol. The summed E-state index contributed by atoms with van der Waals surface area (Å²) in [6, 6.07) is 15.6. The number of hydrogen-bond donors (Lipinski definition) is 1. The molecule has 98 valence electrons. The molecule has 0 saturated carbocycles. The summed E-state index contributed by atoms with van der Waals surface area (Å²) in [4.78, 5) is 4.61. The molecular weight excluding hydrogens is 232 g/mol. The van der Waals surface area contributed by atoms with Gasteiger partial charge in [0.25, 0.3) is 0 Å². The second kappa shape index (κ2) is 5.54. The van der Waals surface area contributed by atoms with E-state index in [4.69, 9.17) is 0 Å². The van der Waals surface area contributed by atoms with Gasteiger partial charge in [-0.15, -0.1) is 0 Å². The van der Waals surface area contributed by atoms with Gasteiger partial charge in [-0.1, -0.05) is 36.4 Å². The van der Waals surface area contributed by atoms with Crippen molar-refractivity contribution < 1.29 is 0 Å². The van der Waals surface area contributed by atoms with Gasteiger partial charge in [0, 0.05) is 23.9 Å². The van der Waals surface area contributed by atoms with Gasteiger partial charge in [0.15, 0.2) is 0 Å². The third kappa shape index (κ3) is 2.85. The Balaban J connectivity index is 1.76. The summed E-state index contributed by atoms with van der Waals surface area (Å²) in [6.45, 7) is 3.18. The first-order chi connectivity index (χ1) is 9.33. The highest BCUT2D eigenvalue weighted by molar-refractivity contribution is 5.22. The van der Waals surface area contributed by atoms with Gasteiger partial charge in [-0.25, -0.2) is 0 Å². The van der Waals surface area contributed by atoms with Gasteiger partial charge in [0.1, 0.15) is 0 Å². The van der Waals surface area contributed by atoms with E-state index in [0.717, 1.165) is 13.0 Å². The summed E-state index contributed by atoms with van der Waals surface area (Å²) in [5.41, 5.74) is 3.87. The molecule has 1 aliphatic heterocycles. The molecule has 1 saturated heterocycles. The second-order valence-corrected chi connectivity index (χ2v) is 5.41. The smallest absolute Gasteiger partial charge is 0.0450 e. The number of aryl methyl sites for hydroxylation is 1. The van der Waals surface area contributed by atoms with Crippen molar-refractivity contribution in [3.63, 3.8) is 0 Å². The minimum absolute atomic E-state index is 0.512. The average Bonchev–Trinajstić information content (AvgIpc) is 2.89. The van der Waals surface area contributed by atoms with Crippen LogP contribution in [0.25, 0.3) is 0 Å². The number of hydrogen-bond acceptors (Lipinski definition) is 2. The lowest BCUT2D eigenvalue weighted by Gasteiger charge is -2.19. The topological polar surface area (TPSA) is 24.9 Å². The first kappa shape index (κ1) is 12.4. The normalized spacial score (nSPS) is 22.6. The number of benzene rings is 1. The van der Waals surface area contributed by atoms with Gasteiger partial charge in [-0.3, -0.25) is 4.98 Å². The SMILES string of the molecule is Cc1ccc(C2CCNC2Cc2ccccc2)nc1. The van der Waals surface area contributed by atoms with Crippen LogP contribution in [0.3, 0.4) is 0 Å². The van der Waals surface area contributed by atoms with Crippen LogP contribution in [0, 0.1) is 6.92 Å². The van der Waals surface area contributed by atoms with Crippen LogP contribution >= 0.6 is 0 Å². The van der Waals surface area contributed by atoms with Crippen molar-refractivity contribution >= 4 is 0 Å². The number of nitrogens with one attached hydrogen (secondary N) is 1. The first-order valence-electron chi connectivity index (χ1n) is 7.03. The van der Waals surface area contributed by atoms with E-state index in [-0.39, 0.29) is 0 Å². The quantitative estimate of drug-likeness (QED) is 0.908. The van der Waals surface area contributed by atoms with E-state index < -0.39 is 0 Å². The Morgan fingerprint density at radius 2 is 2.00 bits per heavy atom. The van der Waals surface area contributed by atoms with Crippen molar-refractivity contribution in [3.05, 3.63) is 65.5 Å². The standard InChI is InChI=1S/C17H20N2/c1-13-7-8-16(19-12-13)15-9-10-18-17(15)11-14-5-3-2-4-6-14/h2-8,12,15,17-18H,9-11H2,1H3. The van der Waals surface area contributed by atoms with Gasteiger partial charge in [-0.05, 0) is 43.5 Å². The van der Waals surface area contributed by atoms with Crippen LogP contribution in [-0.2, 0) is 6.42 Å². The fourth-order valence-electron chi connectivity index (χ4n) is 2.90. The Morgan fingerprint density at radius 1 is 1.16 bits per heavy atom. The summed E-state index contributed by atoms with van der Waals surface area (Å²) in [5, 5.41) is 3.63. The van der Waals surface area contributed by atoms with Crippen molar-refractivity contribution in [2.45, 2.75) is 31.7 Å². The summed E-state index contributed by atoms with van der Waals surface area (Å²) in [5.74, 6) is 0.542. The Hall–Kier alpha value is -1.67. The number of pyridine rings is 1. The Morgan fingerprint density at radius 3 is 2.74 bits per heavy atom. The summed E-state index contributed by atoms with van der Waals surface area (Å²) in [7, 11) is 0. The number of aromatic nitrogens is 1. The van der Waals surface area contributed by atoms with Gasteiger partial charge >= 0.3 is 0 Å². The summed E-state index contributed by atoms with van der Waals surface area (Å²) in [6.07, 6.45) is 4.25. The van der Waals surface area contributed by atoms with E-state index in [2.05, 4.69) is 59.7 Å². The lowest BCUT2D eigenvalue weighted by molar-refractivity contribution is 0.535. The second-order valence-electron chi connectivity index (χ2n) is 5.41. The van der Waals surface area contributed by atoms with Gasteiger partial charge in [0.05, 0.1) is 0 Å². The van der Waals surface area contributed by atoms with Crippen molar-refractivity contribution in [1.82, 2.24) is 10.3 Å². The van der Waals surface area contributed by atoms with Crippen LogP contribution in [0.2, 0.25) is 0 Å². The highest BCUT2D eigenvalue weighted by atomic mass is 15.0. The molecule has 0 aliphatic carbocycles. The zero-order chi connectivity index (χ0) is 13.1. The van der Waals surface area contributed by atoms with E-state index in [9.17, 15) is 0 Å². The Labute approximate surface area is 114 Å². The minimum atomic E-state index is 0.512. The minimum Gasteiger partial charge on any atom is -0.313 e. The number of rotatable bonds is 3. The van der Waals surface area contributed by atoms with Crippen LogP contribution in [0.4, 0.5) is 0 Å². The zero-order valence-corrected chi connectivity index (χ0v) is 11.3. The molecule has 0 bridgehead atoms. The first-order valence-corrected chi connectivity index (χ1v) is 7.03. The number of nitrogens with zero attached hydrogens (tertiary/aromatic N) is 1. The molecule has 1 N–H and O–H groups in total. The van der Waals surface area contributed by atoms with E-state index in [1.54, 1.807) is 0 Å². The average molecular weight is 252 g/mol. The molecule has 19 heavy (non-hydrogen) atoms. The molecule has 1 aliphatic rings. The van der Waals surface area contributed by atoms with Crippen molar-refractivity contribution in [3.8, 4) is 0 Å². The van der Waals surface area contributed by atoms with E-state index in [0.29, 0.717) is 12.0 Å². The molecule has 2 heteroatoms. The van der Waals surface area contributed by atoms with Crippen LogP contribution in [0.1, 0.15) is 29.2 Å². The molecule has 0 amide bonds. The van der Waals surface area contributed by atoms with Crippen LogP contribution in [-0.4, -0.2) is 17.6 Å². The van der Waals surface area contributed by atoms with Gasteiger partial charge < -0.3 is 5.32 Å². The summed E-state index contributed by atoms with van der Waals surface area (Å²) >= 11 is 0. The Bertz CT molecular complexity index is 519. The molecule has 2 aromatic rings. The largest absolute Gasteiger partial charge is 0.313 e. The van der Waals surface area contributed by atoms with Crippen LogP contribution in [0.5, 0.6) is 0 Å². The molecule has 1 aromatic heterocycles. The maximum Gasteiger partial charge on any atom is 0.0450 e. The van der Waals surface area contributed by atoms with Crippen molar-refractivity contribution in [2.24, 2.45) is 0 Å². The third-order valence-corrected chi connectivity index (χ3v) is 3.96.